The van der Waals surface area contributed by atoms with Crippen LogP contribution in [0.15, 0.2) is 18.2 Å². The molecule has 0 saturated heterocycles. The monoisotopic (exact) mass is 311 g/mol. The van der Waals surface area contributed by atoms with Gasteiger partial charge in [0, 0.05) is 5.56 Å². The van der Waals surface area contributed by atoms with E-state index < -0.39 is 16.0 Å². The van der Waals surface area contributed by atoms with Crippen molar-refractivity contribution in [2.24, 2.45) is 0 Å². The van der Waals surface area contributed by atoms with Crippen molar-refractivity contribution in [2.75, 3.05) is 24.2 Å². The van der Waals surface area contributed by atoms with Gasteiger partial charge in [-0.05, 0) is 24.6 Å². The number of esters is 1. The third-order valence-corrected chi connectivity index (χ3v) is 3.82. The zero-order valence-corrected chi connectivity index (χ0v) is 12.7. The van der Waals surface area contributed by atoms with Crippen molar-refractivity contribution in [3.05, 3.63) is 29.3 Å². The molecule has 1 aromatic carbocycles. The normalized spacial score (nSPS) is 10.4. The van der Waals surface area contributed by atoms with Gasteiger partial charge in [0.05, 0.1) is 25.0 Å². The second-order valence-corrected chi connectivity index (χ2v) is 6.10. The minimum absolute atomic E-state index is 0.227. The molecule has 0 unspecified atom stereocenters. The molecule has 2 N–H and O–H groups in total. The summed E-state index contributed by atoms with van der Waals surface area (Å²) in [5.41, 5.74) is 1.63. The van der Waals surface area contributed by atoms with E-state index in [-0.39, 0.29) is 18.8 Å². The van der Waals surface area contributed by atoms with Gasteiger partial charge >= 0.3 is 5.97 Å². The minimum atomic E-state index is -3.69. The van der Waals surface area contributed by atoms with E-state index in [1.54, 1.807) is 18.2 Å². The average molecular weight is 311 g/mol. The van der Waals surface area contributed by atoms with Gasteiger partial charge in [0.15, 0.2) is 0 Å². The van der Waals surface area contributed by atoms with Gasteiger partial charge in [-0.2, -0.15) is 0 Å². The van der Waals surface area contributed by atoms with E-state index in [1.807, 2.05) is 6.92 Å². The van der Waals surface area contributed by atoms with Gasteiger partial charge in [0.25, 0.3) is 0 Å². The van der Waals surface area contributed by atoms with Crippen LogP contribution in [-0.4, -0.2) is 39.0 Å². The van der Waals surface area contributed by atoms with Gasteiger partial charge in [0.1, 0.15) is 6.61 Å². The number of aryl methyl sites for hydroxylation is 1. The molecule has 0 amide bonds. The van der Waals surface area contributed by atoms with E-state index in [0.717, 1.165) is 5.56 Å². The van der Waals surface area contributed by atoms with E-state index in [2.05, 4.69) is 21.3 Å². The summed E-state index contributed by atoms with van der Waals surface area (Å²) in [6.45, 7) is 1.50. The molecule has 0 radical (unpaired) electrons. The lowest BCUT2D eigenvalue weighted by Gasteiger charge is -2.10. The molecule has 114 valence electrons. The fraction of sp³-hybridized carbons (Fsp3) is 0.357. The van der Waals surface area contributed by atoms with Gasteiger partial charge < -0.3 is 9.84 Å². The Labute approximate surface area is 124 Å². The Morgan fingerprint density at radius 3 is 2.76 bits per heavy atom. The SMILES string of the molecule is COC(=O)CCS(=O)(=O)Nc1cc(C)ccc1C#CCO. The maximum atomic E-state index is 11.9. The first-order chi connectivity index (χ1) is 9.88. The molecule has 0 atom stereocenters. The van der Waals surface area contributed by atoms with Gasteiger partial charge in [-0.15, -0.1) is 0 Å². The molecular weight excluding hydrogens is 294 g/mol. The molecule has 0 aliphatic heterocycles. The predicted molar refractivity (Wildman–Crippen MR) is 79.2 cm³/mol. The van der Waals surface area contributed by atoms with Crippen LogP contribution in [0.1, 0.15) is 17.5 Å². The lowest BCUT2D eigenvalue weighted by molar-refractivity contribution is -0.140. The number of methoxy groups -OCH3 is 1. The average Bonchev–Trinajstić information content (AvgIpc) is 2.43. The molecule has 0 spiro atoms. The number of carbonyl (C=O) groups is 1. The zero-order valence-electron chi connectivity index (χ0n) is 11.8. The van der Waals surface area contributed by atoms with Crippen LogP contribution in [0.25, 0.3) is 0 Å². The summed E-state index contributed by atoms with van der Waals surface area (Å²) >= 11 is 0. The third kappa shape index (κ3) is 5.85. The number of sulfonamides is 1. The van der Waals surface area contributed by atoms with Crippen LogP contribution in [0, 0.1) is 18.8 Å². The highest BCUT2D eigenvalue weighted by molar-refractivity contribution is 7.92. The van der Waals surface area contributed by atoms with Gasteiger partial charge in [-0.3, -0.25) is 9.52 Å². The van der Waals surface area contributed by atoms with Crippen molar-refractivity contribution in [1.29, 1.82) is 0 Å². The lowest BCUT2D eigenvalue weighted by atomic mass is 10.1. The highest BCUT2D eigenvalue weighted by Crippen LogP contribution is 2.18. The summed E-state index contributed by atoms with van der Waals surface area (Å²) in [6.07, 6.45) is -0.227. The molecule has 6 nitrogen and oxygen atoms in total. The van der Waals surface area contributed by atoms with Crippen LogP contribution in [0.5, 0.6) is 0 Å². The van der Waals surface area contributed by atoms with Gasteiger partial charge in [0.2, 0.25) is 10.0 Å². The second kappa shape index (κ2) is 7.67. The molecule has 0 saturated carbocycles. The Kier molecular flexibility index (Phi) is 6.21. The molecule has 0 aliphatic carbocycles. The van der Waals surface area contributed by atoms with Crippen molar-refractivity contribution in [3.63, 3.8) is 0 Å². The molecule has 7 heteroatoms. The first kappa shape index (κ1) is 17.0. The molecule has 21 heavy (non-hydrogen) atoms. The van der Waals surface area contributed by atoms with Gasteiger partial charge in [-0.25, -0.2) is 8.42 Å². The smallest absolute Gasteiger partial charge is 0.306 e. The highest BCUT2D eigenvalue weighted by Gasteiger charge is 2.15. The minimum Gasteiger partial charge on any atom is -0.469 e. The number of hydrogen-bond acceptors (Lipinski definition) is 5. The van der Waals surface area contributed by atoms with Crippen molar-refractivity contribution in [1.82, 2.24) is 0 Å². The maximum Gasteiger partial charge on any atom is 0.306 e. The Morgan fingerprint density at radius 1 is 1.43 bits per heavy atom. The Balaban J connectivity index is 2.95. The zero-order chi connectivity index (χ0) is 15.9. The summed E-state index contributed by atoms with van der Waals surface area (Å²) in [7, 11) is -2.49. The van der Waals surface area contributed by atoms with Crippen LogP contribution in [0.2, 0.25) is 0 Å². The summed E-state index contributed by atoms with van der Waals surface area (Å²) in [5, 5.41) is 8.71. The highest BCUT2D eigenvalue weighted by atomic mass is 32.2. The van der Waals surface area contributed by atoms with E-state index in [9.17, 15) is 13.2 Å². The van der Waals surface area contributed by atoms with Crippen molar-refractivity contribution < 1.29 is 23.1 Å². The first-order valence-electron chi connectivity index (χ1n) is 6.15. The maximum absolute atomic E-state index is 11.9. The van der Waals surface area contributed by atoms with Crippen LogP contribution in [-0.2, 0) is 19.6 Å². The topological polar surface area (TPSA) is 92.7 Å². The quantitative estimate of drug-likeness (QED) is 0.615. The number of rotatable bonds is 5. The van der Waals surface area contributed by atoms with Crippen LogP contribution in [0.4, 0.5) is 5.69 Å². The summed E-state index contributed by atoms with van der Waals surface area (Å²) in [6, 6.07) is 5.08. The number of aliphatic hydroxyl groups is 1. The molecular formula is C14H17NO5S. The number of hydrogen-bond donors (Lipinski definition) is 2. The van der Waals surface area contributed by atoms with E-state index in [0.29, 0.717) is 11.3 Å². The standard InChI is InChI=1S/C14H17NO5S/c1-11-5-6-12(4-3-8-16)13(10-11)15-21(18,19)9-7-14(17)20-2/h5-6,10,15-16H,7-9H2,1-2H3. The van der Waals surface area contributed by atoms with E-state index >= 15 is 0 Å². The van der Waals surface area contributed by atoms with Crippen molar-refractivity contribution >= 4 is 21.7 Å². The predicted octanol–water partition coefficient (Wildman–Crippen LogP) is 0.644. The molecule has 0 fully saturated rings. The number of ether oxygens (including phenoxy) is 1. The van der Waals surface area contributed by atoms with Crippen molar-refractivity contribution in [3.8, 4) is 11.8 Å². The Hall–Kier alpha value is -2.04. The number of carbonyl (C=O) groups excluding carboxylic acids is 1. The first-order valence-corrected chi connectivity index (χ1v) is 7.81. The molecule has 1 rings (SSSR count). The molecule has 1 aromatic rings. The molecule has 0 aliphatic rings. The third-order valence-electron chi connectivity index (χ3n) is 2.55. The summed E-state index contributed by atoms with van der Waals surface area (Å²) < 4.78 is 30.7. The molecule has 0 aromatic heterocycles. The second-order valence-electron chi connectivity index (χ2n) is 4.26. The van der Waals surface area contributed by atoms with E-state index in [4.69, 9.17) is 5.11 Å². The number of benzene rings is 1. The molecule has 0 heterocycles. The number of anilines is 1. The summed E-state index contributed by atoms with van der Waals surface area (Å²) in [4.78, 5) is 11.0. The fourth-order valence-corrected chi connectivity index (χ4v) is 2.57. The van der Waals surface area contributed by atoms with E-state index in [1.165, 1.54) is 7.11 Å². The Morgan fingerprint density at radius 2 is 2.14 bits per heavy atom. The lowest BCUT2D eigenvalue weighted by Crippen LogP contribution is -2.20. The molecule has 0 bridgehead atoms. The Bertz CT molecular complexity index is 670. The number of aliphatic hydroxyl groups excluding tert-OH is 1. The fourth-order valence-electron chi connectivity index (χ4n) is 1.52. The van der Waals surface area contributed by atoms with Gasteiger partial charge in [-0.1, -0.05) is 17.9 Å². The van der Waals surface area contributed by atoms with Crippen molar-refractivity contribution in [2.45, 2.75) is 13.3 Å². The largest absolute Gasteiger partial charge is 0.469 e. The van der Waals surface area contributed by atoms with Crippen LogP contribution < -0.4 is 4.72 Å². The van der Waals surface area contributed by atoms with Crippen LogP contribution in [0.3, 0.4) is 0 Å². The summed E-state index contributed by atoms with van der Waals surface area (Å²) in [5.74, 6) is 4.17. The van der Waals surface area contributed by atoms with Crippen LogP contribution >= 0.6 is 0 Å². The number of nitrogens with one attached hydrogen (secondary N) is 1.